The van der Waals surface area contributed by atoms with E-state index in [2.05, 4.69) is 30.7 Å². The molecule has 0 aromatic heterocycles. The van der Waals surface area contributed by atoms with Gasteiger partial charge in [-0.25, -0.2) is 4.39 Å². The van der Waals surface area contributed by atoms with E-state index in [0.717, 1.165) is 23.5 Å². The van der Waals surface area contributed by atoms with Crippen molar-refractivity contribution in [2.75, 3.05) is 7.11 Å². The molecule has 0 amide bonds. The third-order valence-electron chi connectivity index (χ3n) is 4.84. The quantitative estimate of drug-likeness (QED) is 0.675. The number of rotatable bonds is 5. The number of benzene rings is 2. The van der Waals surface area contributed by atoms with Crippen molar-refractivity contribution in [3.8, 4) is 16.9 Å². The Balaban J connectivity index is 1.63. The lowest BCUT2D eigenvalue weighted by Crippen LogP contribution is -2.07. The Kier molecular flexibility index (Phi) is 5.32. The van der Waals surface area contributed by atoms with Gasteiger partial charge in [0.05, 0.1) is 7.11 Å². The van der Waals surface area contributed by atoms with Crippen LogP contribution in [0, 0.1) is 18.2 Å². The lowest BCUT2D eigenvalue weighted by molar-refractivity contribution is 0.381. The van der Waals surface area contributed by atoms with Gasteiger partial charge < -0.3 is 4.74 Å². The van der Waals surface area contributed by atoms with Crippen molar-refractivity contribution in [2.24, 2.45) is 5.92 Å². The standard InChI is InChI=1S/C21H24FO/c1-23-21-14-13-19(15-20(21)22)18-11-9-17(10-12-18)8-7-16-5-3-2-4-6-16/h2,9-16H,3-8H2,1H3. The first kappa shape index (κ1) is 16.0. The zero-order valence-electron chi connectivity index (χ0n) is 13.7. The van der Waals surface area contributed by atoms with Crippen LogP contribution in [0.1, 0.15) is 37.7 Å². The van der Waals surface area contributed by atoms with E-state index in [4.69, 9.17) is 4.74 Å². The molecule has 3 rings (SSSR count). The topological polar surface area (TPSA) is 9.23 Å². The monoisotopic (exact) mass is 311 g/mol. The SMILES string of the molecule is COc1ccc(-c2ccc(CCC3CC[CH]CC3)cc2)cc1F. The molecule has 0 aliphatic heterocycles. The molecule has 0 spiro atoms. The molecule has 2 aromatic carbocycles. The molecular formula is C21H24FO. The van der Waals surface area contributed by atoms with Gasteiger partial charge in [0.25, 0.3) is 0 Å². The summed E-state index contributed by atoms with van der Waals surface area (Å²) < 4.78 is 18.8. The second kappa shape index (κ2) is 7.63. The summed E-state index contributed by atoms with van der Waals surface area (Å²) in [5.41, 5.74) is 3.30. The lowest BCUT2D eigenvalue weighted by atomic mass is 9.85. The molecule has 1 radical (unpaired) electrons. The molecule has 23 heavy (non-hydrogen) atoms. The summed E-state index contributed by atoms with van der Waals surface area (Å²) >= 11 is 0. The van der Waals surface area contributed by atoms with E-state index in [1.165, 1.54) is 50.8 Å². The van der Waals surface area contributed by atoms with Crippen LogP contribution in [0.15, 0.2) is 42.5 Å². The molecule has 1 aliphatic carbocycles. The fourth-order valence-electron chi connectivity index (χ4n) is 3.37. The van der Waals surface area contributed by atoms with Gasteiger partial charge in [-0.3, -0.25) is 0 Å². The van der Waals surface area contributed by atoms with Gasteiger partial charge in [-0.05, 0) is 66.8 Å². The number of methoxy groups -OCH3 is 1. The van der Waals surface area contributed by atoms with Crippen LogP contribution in [-0.2, 0) is 6.42 Å². The van der Waals surface area contributed by atoms with E-state index in [-0.39, 0.29) is 11.6 Å². The first-order chi connectivity index (χ1) is 11.3. The molecular weight excluding hydrogens is 287 g/mol. The van der Waals surface area contributed by atoms with Crippen molar-refractivity contribution in [3.63, 3.8) is 0 Å². The van der Waals surface area contributed by atoms with E-state index in [9.17, 15) is 4.39 Å². The minimum absolute atomic E-state index is 0.287. The molecule has 1 fully saturated rings. The zero-order valence-corrected chi connectivity index (χ0v) is 13.7. The molecule has 2 heteroatoms. The molecule has 2 aromatic rings. The van der Waals surface area contributed by atoms with Gasteiger partial charge in [-0.15, -0.1) is 0 Å². The summed E-state index contributed by atoms with van der Waals surface area (Å²) in [5.74, 6) is 0.855. The average Bonchev–Trinajstić information content (AvgIpc) is 2.61. The molecule has 121 valence electrons. The third-order valence-corrected chi connectivity index (χ3v) is 4.84. The number of ether oxygens (including phenoxy) is 1. The Morgan fingerprint density at radius 1 is 1.00 bits per heavy atom. The largest absolute Gasteiger partial charge is 0.494 e. The van der Waals surface area contributed by atoms with Crippen LogP contribution in [0.4, 0.5) is 4.39 Å². The van der Waals surface area contributed by atoms with Crippen LogP contribution in [0.5, 0.6) is 5.75 Å². The molecule has 1 aliphatic rings. The second-order valence-corrected chi connectivity index (χ2v) is 6.39. The predicted molar refractivity (Wildman–Crippen MR) is 93.0 cm³/mol. The van der Waals surface area contributed by atoms with E-state index in [1.807, 2.05) is 6.07 Å². The van der Waals surface area contributed by atoms with Gasteiger partial charge in [-0.1, -0.05) is 43.2 Å². The summed E-state index contributed by atoms with van der Waals surface area (Å²) in [5, 5.41) is 0. The first-order valence-corrected chi connectivity index (χ1v) is 8.51. The van der Waals surface area contributed by atoms with Crippen molar-refractivity contribution < 1.29 is 9.13 Å². The minimum Gasteiger partial charge on any atom is -0.494 e. The Bertz CT molecular complexity index is 627. The van der Waals surface area contributed by atoms with E-state index < -0.39 is 0 Å². The Morgan fingerprint density at radius 3 is 2.35 bits per heavy atom. The Labute approximate surface area is 138 Å². The molecule has 1 nitrogen and oxygen atoms in total. The molecule has 1 saturated carbocycles. The van der Waals surface area contributed by atoms with E-state index in [0.29, 0.717) is 0 Å². The van der Waals surface area contributed by atoms with Gasteiger partial charge >= 0.3 is 0 Å². The van der Waals surface area contributed by atoms with Crippen LogP contribution >= 0.6 is 0 Å². The summed E-state index contributed by atoms with van der Waals surface area (Å²) in [6, 6.07) is 13.6. The van der Waals surface area contributed by atoms with Crippen molar-refractivity contribution in [2.45, 2.75) is 38.5 Å². The summed E-state index contributed by atoms with van der Waals surface area (Å²) in [6.45, 7) is 0. The highest BCUT2D eigenvalue weighted by Gasteiger charge is 2.13. The van der Waals surface area contributed by atoms with Gasteiger partial charge in [0, 0.05) is 0 Å². The Morgan fingerprint density at radius 2 is 1.70 bits per heavy atom. The summed E-state index contributed by atoms with van der Waals surface area (Å²) in [4.78, 5) is 0. The van der Waals surface area contributed by atoms with Crippen LogP contribution in [0.2, 0.25) is 0 Å². The molecule has 0 atom stereocenters. The highest BCUT2D eigenvalue weighted by molar-refractivity contribution is 5.64. The molecule has 0 bridgehead atoms. The Hall–Kier alpha value is -1.83. The first-order valence-electron chi connectivity index (χ1n) is 8.51. The van der Waals surface area contributed by atoms with Gasteiger partial charge in [0.2, 0.25) is 0 Å². The number of halogens is 1. The lowest BCUT2D eigenvalue weighted by Gasteiger charge is -2.21. The number of hydrogen-bond donors (Lipinski definition) is 0. The summed E-state index contributed by atoms with van der Waals surface area (Å²) in [6.07, 6.45) is 10.1. The maximum Gasteiger partial charge on any atom is 0.165 e. The van der Waals surface area contributed by atoms with Gasteiger partial charge in [0.1, 0.15) is 0 Å². The number of aryl methyl sites for hydroxylation is 1. The van der Waals surface area contributed by atoms with Crippen LogP contribution in [0.3, 0.4) is 0 Å². The molecule has 0 heterocycles. The van der Waals surface area contributed by atoms with Crippen LogP contribution in [-0.4, -0.2) is 7.11 Å². The maximum absolute atomic E-state index is 13.8. The van der Waals surface area contributed by atoms with E-state index >= 15 is 0 Å². The highest BCUT2D eigenvalue weighted by Crippen LogP contribution is 2.28. The predicted octanol–water partition coefficient (Wildman–Crippen LogP) is 5.83. The van der Waals surface area contributed by atoms with Gasteiger partial charge in [-0.2, -0.15) is 0 Å². The van der Waals surface area contributed by atoms with Crippen molar-refractivity contribution in [1.82, 2.24) is 0 Å². The van der Waals surface area contributed by atoms with Crippen molar-refractivity contribution >= 4 is 0 Å². The van der Waals surface area contributed by atoms with Crippen molar-refractivity contribution in [1.29, 1.82) is 0 Å². The smallest absolute Gasteiger partial charge is 0.165 e. The highest BCUT2D eigenvalue weighted by atomic mass is 19.1. The molecule has 0 saturated heterocycles. The summed E-state index contributed by atoms with van der Waals surface area (Å²) in [7, 11) is 1.48. The van der Waals surface area contributed by atoms with Gasteiger partial charge in [0.15, 0.2) is 11.6 Å². The third kappa shape index (κ3) is 4.13. The second-order valence-electron chi connectivity index (χ2n) is 6.39. The fourth-order valence-corrected chi connectivity index (χ4v) is 3.37. The maximum atomic E-state index is 13.8. The normalized spacial score (nSPS) is 15.6. The fraction of sp³-hybridized carbons (Fsp3) is 0.381. The number of hydrogen-bond acceptors (Lipinski definition) is 1. The molecule has 0 N–H and O–H groups in total. The van der Waals surface area contributed by atoms with Crippen LogP contribution < -0.4 is 4.74 Å². The zero-order chi connectivity index (χ0) is 16.1. The minimum atomic E-state index is -0.317. The van der Waals surface area contributed by atoms with Crippen molar-refractivity contribution in [3.05, 3.63) is 60.3 Å². The van der Waals surface area contributed by atoms with E-state index in [1.54, 1.807) is 6.07 Å². The average molecular weight is 311 g/mol. The molecule has 0 unspecified atom stereocenters. The van der Waals surface area contributed by atoms with Crippen LogP contribution in [0.25, 0.3) is 11.1 Å².